The Bertz CT molecular complexity index is 2640. The maximum absolute atomic E-state index is 11.8. The summed E-state index contributed by atoms with van der Waals surface area (Å²) in [6.07, 6.45) is 7.51. The largest absolute Gasteiger partial charge is 0.488 e. The molecule has 4 aromatic carbocycles. The molecule has 0 saturated heterocycles. The predicted octanol–water partition coefficient (Wildman–Crippen LogP) is 8.67. The van der Waals surface area contributed by atoms with Crippen LogP contribution in [-0.4, -0.2) is 50.1 Å². The molecule has 0 spiro atoms. The zero-order valence-electron chi connectivity index (χ0n) is 34.5. The SMILES string of the molecule is Cc1c(COc2cc(OCc3cncc(C=N)c3)c(CO)cc2Cl)cccc1-c1cccc(COc2cc(OCc3cncc(C#N)c3)c(CN[C@H](CCO)C(=O)O)cc2Cl)c1C. The summed E-state index contributed by atoms with van der Waals surface area (Å²) in [4.78, 5) is 20.0. The fraction of sp³-hybridized carbons (Fsp3) is 0.229. The minimum atomic E-state index is -1.10. The number of nitrogens with one attached hydrogen (secondary N) is 2. The summed E-state index contributed by atoms with van der Waals surface area (Å²) in [5, 5.41) is 49.4. The highest BCUT2D eigenvalue weighted by atomic mass is 35.5. The number of rotatable bonds is 21. The standard InChI is InChI=1S/C48H45Cl2N5O8/c1-29-35(27-62-46-15-44(60-25-33-11-31(17-51)19-53-21-33)37(13-41(46)49)23-55-43(9-10-56)48(58)59)5-3-7-39(29)40-8-4-6-36(30(40)2)28-63-47-16-45(38(24-57)14-42(47)50)61-26-34-12-32(18-52)20-54-22-34/h3-8,11-16,18-22,43,52,55-57H,9-10,23-28H2,1-2H3,(H,58,59)/t43-/m1/s1. The van der Waals surface area contributed by atoms with E-state index in [2.05, 4.69) is 21.4 Å². The molecule has 15 heteroatoms. The van der Waals surface area contributed by atoms with Crippen LogP contribution in [0.2, 0.25) is 10.0 Å². The first-order valence-electron chi connectivity index (χ1n) is 19.8. The molecule has 0 radical (unpaired) electrons. The molecule has 324 valence electrons. The number of aliphatic hydroxyl groups excluding tert-OH is 2. The van der Waals surface area contributed by atoms with Crippen molar-refractivity contribution in [2.45, 2.75) is 65.9 Å². The smallest absolute Gasteiger partial charge is 0.320 e. The summed E-state index contributed by atoms with van der Waals surface area (Å²) in [6, 6.07) is 23.1. The molecule has 13 nitrogen and oxygen atoms in total. The van der Waals surface area contributed by atoms with Crippen molar-refractivity contribution in [2.24, 2.45) is 0 Å². The lowest BCUT2D eigenvalue weighted by molar-refractivity contribution is -0.140. The lowest BCUT2D eigenvalue weighted by Crippen LogP contribution is -2.37. The number of nitrogens with zero attached hydrogens (tertiary/aromatic N) is 3. The van der Waals surface area contributed by atoms with Gasteiger partial charge in [-0.25, -0.2) is 0 Å². The van der Waals surface area contributed by atoms with Crippen molar-refractivity contribution >= 4 is 35.4 Å². The van der Waals surface area contributed by atoms with Crippen LogP contribution in [-0.2, 0) is 44.4 Å². The molecule has 0 aliphatic heterocycles. The van der Waals surface area contributed by atoms with E-state index < -0.39 is 12.0 Å². The number of carbonyl (C=O) groups is 1. The maximum atomic E-state index is 11.8. The molecule has 0 aliphatic rings. The van der Waals surface area contributed by atoms with Crippen LogP contribution in [0, 0.1) is 30.6 Å². The zero-order chi connectivity index (χ0) is 44.9. The van der Waals surface area contributed by atoms with E-state index in [1.807, 2.05) is 50.2 Å². The van der Waals surface area contributed by atoms with Gasteiger partial charge < -0.3 is 45.0 Å². The fourth-order valence-corrected chi connectivity index (χ4v) is 7.25. The number of carboxylic acids is 1. The van der Waals surface area contributed by atoms with Crippen LogP contribution >= 0.6 is 23.2 Å². The van der Waals surface area contributed by atoms with Crippen molar-refractivity contribution in [3.05, 3.63) is 163 Å². The van der Waals surface area contributed by atoms with E-state index in [9.17, 15) is 25.4 Å². The summed E-state index contributed by atoms with van der Waals surface area (Å²) in [5.41, 5.74) is 9.36. The van der Waals surface area contributed by atoms with Crippen molar-refractivity contribution in [1.29, 1.82) is 10.7 Å². The van der Waals surface area contributed by atoms with Gasteiger partial charge in [0.05, 0.1) is 22.2 Å². The number of benzene rings is 4. The van der Waals surface area contributed by atoms with E-state index in [-0.39, 0.29) is 57.6 Å². The Morgan fingerprint density at radius 3 is 1.83 bits per heavy atom. The Morgan fingerprint density at radius 2 is 1.29 bits per heavy atom. The molecular weight excluding hydrogens is 845 g/mol. The van der Waals surface area contributed by atoms with Crippen LogP contribution < -0.4 is 24.3 Å². The van der Waals surface area contributed by atoms with Gasteiger partial charge in [0.15, 0.2) is 0 Å². The average molecular weight is 891 g/mol. The van der Waals surface area contributed by atoms with Crippen molar-refractivity contribution in [3.8, 4) is 40.2 Å². The lowest BCUT2D eigenvalue weighted by Gasteiger charge is -2.19. The number of nitriles is 1. The number of pyridine rings is 2. The van der Waals surface area contributed by atoms with Crippen molar-refractivity contribution in [2.75, 3.05) is 6.61 Å². The fourth-order valence-electron chi connectivity index (χ4n) is 6.77. The third-order valence-corrected chi connectivity index (χ3v) is 10.9. The zero-order valence-corrected chi connectivity index (χ0v) is 36.0. The number of ether oxygens (including phenoxy) is 4. The van der Waals surface area contributed by atoms with Gasteiger partial charge in [0, 0.05) is 84.1 Å². The third kappa shape index (κ3) is 11.9. The first kappa shape index (κ1) is 46.0. The Labute approximate surface area is 374 Å². The van der Waals surface area contributed by atoms with Crippen LogP contribution in [0.15, 0.2) is 97.6 Å². The molecule has 2 aromatic heterocycles. The highest BCUT2D eigenvalue weighted by Gasteiger charge is 2.20. The minimum Gasteiger partial charge on any atom is -0.488 e. The average Bonchev–Trinajstić information content (AvgIpc) is 3.29. The summed E-state index contributed by atoms with van der Waals surface area (Å²) in [5.74, 6) is 0.437. The van der Waals surface area contributed by atoms with Crippen molar-refractivity contribution in [3.63, 3.8) is 0 Å². The molecule has 0 fully saturated rings. The Kier molecular flexibility index (Phi) is 16.1. The van der Waals surface area contributed by atoms with E-state index in [0.29, 0.717) is 55.8 Å². The van der Waals surface area contributed by atoms with Gasteiger partial charge in [0.2, 0.25) is 0 Å². The van der Waals surface area contributed by atoms with E-state index in [0.717, 1.165) is 38.9 Å². The summed E-state index contributed by atoms with van der Waals surface area (Å²) >= 11 is 13.4. The second kappa shape index (κ2) is 22.0. The summed E-state index contributed by atoms with van der Waals surface area (Å²) in [7, 11) is 0. The molecular formula is C48H45Cl2N5O8. The van der Waals surface area contributed by atoms with Gasteiger partial charge in [-0.15, -0.1) is 0 Å². The molecule has 6 rings (SSSR count). The number of carboxylic acid groups (broad SMARTS) is 1. The van der Waals surface area contributed by atoms with E-state index in [4.69, 9.17) is 47.6 Å². The van der Waals surface area contributed by atoms with Crippen LogP contribution in [0.1, 0.15) is 62.1 Å². The second-order valence-corrected chi connectivity index (χ2v) is 15.3. The van der Waals surface area contributed by atoms with Gasteiger partial charge in [-0.2, -0.15) is 5.26 Å². The van der Waals surface area contributed by atoms with E-state index in [1.54, 1.807) is 55.0 Å². The van der Waals surface area contributed by atoms with Crippen molar-refractivity contribution < 1.29 is 39.1 Å². The van der Waals surface area contributed by atoms with Gasteiger partial charge in [0.1, 0.15) is 61.5 Å². The van der Waals surface area contributed by atoms with Crippen LogP contribution in [0.5, 0.6) is 23.0 Å². The van der Waals surface area contributed by atoms with Crippen LogP contribution in [0.25, 0.3) is 11.1 Å². The Hall–Kier alpha value is -6.53. The van der Waals surface area contributed by atoms with Gasteiger partial charge in [-0.3, -0.25) is 14.8 Å². The molecule has 0 bridgehead atoms. The second-order valence-electron chi connectivity index (χ2n) is 14.5. The number of halogens is 2. The quantitative estimate of drug-likeness (QED) is 0.0432. The molecule has 0 saturated carbocycles. The first-order chi connectivity index (χ1) is 30.5. The molecule has 6 aromatic rings. The molecule has 0 amide bonds. The highest BCUT2D eigenvalue weighted by molar-refractivity contribution is 6.32. The molecule has 5 N–H and O–H groups in total. The first-order valence-corrected chi connectivity index (χ1v) is 20.6. The van der Waals surface area contributed by atoms with Crippen LogP contribution in [0.4, 0.5) is 0 Å². The monoisotopic (exact) mass is 889 g/mol. The molecule has 0 unspecified atom stereocenters. The molecule has 0 aliphatic carbocycles. The molecule has 1 atom stereocenters. The summed E-state index contributed by atoms with van der Waals surface area (Å²) in [6.45, 7) is 4.16. The number of aliphatic carboxylic acids is 1. The van der Waals surface area contributed by atoms with Gasteiger partial charge in [0.25, 0.3) is 0 Å². The lowest BCUT2D eigenvalue weighted by atomic mass is 9.92. The number of hydrogen-bond donors (Lipinski definition) is 5. The Morgan fingerprint density at radius 1 is 0.746 bits per heavy atom. The van der Waals surface area contributed by atoms with Gasteiger partial charge in [-0.05, 0) is 77.9 Å². The van der Waals surface area contributed by atoms with E-state index >= 15 is 0 Å². The topological polar surface area (TPSA) is 200 Å². The molecule has 2 heterocycles. The van der Waals surface area contributed by atoms with Crippen LogP contribution in [0.3, 0.4) is 0 Å². The minimum absolute atomic E-state index is 0.0127. The molecule has 63 heavy (non-hydrogen) atoms. The number of aromatic nitrogens is 2. The van der Waals surface area contributed by atoms with Gasteiger partial charge in [-0.1, -0.05) is 59.6 Å². The third-order valence-electron chi connectivity index (χ3n) is 10.3. The normalized spacial score (nSPS) is 11.4. The highest BCUT2D eigenvalue weighted by Crippen LogP contribution is 2.37. The Balaban J connectivity index is 1.19. The summed E-state index contributed by atoms with van der Waals surface area (Å²) < 4.78 is 24.8. The van der Waals surface area contributed by atoms with E-state index in [1.165, 1.54) is 12.4 Å². The van der Waals surface area contributed by atoms with Gasteiger partial charge >= 0.3 is 5.97 Å². The predicted molar refractivity (Wildman–Crippen MR) is 239 cm³/mol. The number of hydrogen-bond acceptors (Lipinski definition) is 12. The van der Waals surface area contributed by atoms with Crippen molar-refractivity contribution in [1.82, 2.24) is 15.3 Å². The number of aliphatic hydroxyl groups is 2. The maximum Gasteiger partial charge on any atom is 0.320 e.